The Morgan fingerprint density at radius 3 is 1.72 bits per heavy atom. The minimum Gasteiger partial charge on any atom is -0.453 e. The molecule has 94 valence electrons. The van der Waals surface area contributed by atoms with E-state index in [1.54, 1.807) is 0 Å². The van der Waals surface area contributed by atoms with Crippen LogP contribution in [0.5, 0.6) is 11.5 Å². The van der Waals surface area contributed by atoms with Crippen molar-refractivity contribution in [1.29, 1.82) is 0 Å². The average molecular weight is 565 g/mol. The lowest BCUT2D eigenvalue weighted by Crippen LogP contribution is -1.90. The molecule has 0 amide bonds. The van der Waals surface area contributed by atoms with Crippen LogP contribution in [0.15, 0.2) is 52.7 Å². The highest BCUT2D eigenvalue weighted by Gasteiger charge is 2.14. The van der Waals surface area contributed by atoms with Gasteiger partial charge in [-0.1, -0.05) is 6.07 Å². The quantitative estimate of drug-likeness (QED) is 0.348. The van der Waals surface area contributed by atoms with Gasteiger partial charge in [-0.05, 0) is 104 Å². The van der Waals surface area contributed by atoms with Crippen molar-refractivity contribution >= 4 is 79.6 Å². The number of rotatable bonds is 2. The minimum absolute atomic E-state index is 0.719. The van der Waals surface area contributed by atoms with Crippen LogP contribution in [0.1, 0.15) is 0 Å². The van der Waals surface area contributed by atoms with Gasteiger partial charge in [0.1, 0.15) is 0 Å². The smallest absolute Gasteiger partial charge is 0.157 e. The van der Waals surface area contributed by atoms with Crippen LogP contribution < -0.4 is 4.74 Å². The molecule has 0 atom stereocenters. The summed E-state index contributed by atoms with van der Waals surface area (Å²) in [5, 5.41) is 0. The highest BCUT2D eigenvalue weighted by atomic mass is 79.9. The molecule has 2 aromatic carbocycles. The van der Waals surface area contributed by atoms with Crippen LogP contribution in [0.2, 0.25) is 0 Å². The summed E-state index contributed by atoms with van der Waals surface area (Å²) in [4.78, 5) is 0. The van der Waals surface area contributed by atoms with E-state index in [2.05, 4.69) is 79.6 Å². The van der Waals surface area contributed by atoms with E-state index in [0.717, 1.165) is 33.9 Å². The van der Waals surface area contributed by atoms with Gasteiger partial charge in [0, 0.05) is 4.47 Å². The van der Waals surface area contributed by atoms with Gasteiger partial charge in [-0.3, -0.25) is 0 Å². The van der Waals surface area contributed by atoms with Crippen molar-refractivity contribution in [3.05, 3.63) is 52.7 Å². The van der Waals surface area contributed by atoms with Gasteiger partial charge in [0.05, 0.1) is 17.9 Å². The van der Waals surface area contributed by atoms with Gasteiger partial charge in [0.25, 0.3) is 0 Å². The molecule has 0 N–H and O–H groups in total. The second-order valence-corrected chi connectivity index (χ2v) is 7.54. The number of benzene rings is 2. The molecule has 1 nitrogen and oxygen atoms in total. The van der Waals surface area contributed by atoms with Gasteiger partial charge in [0.2, 0.25) is 0 Å². The van der Waals surface area contributed by atoms with E-state index >= 15 is 0 Å². The molecule has 0 aliphatic carbocycles. The largest absolute Gasteiger partial charge is 0.453 e. The summed E-state index contributed by atoms with van der Waals surface area (Å²) in [6.45, 7) is 0. The molecule has 0 bridgehead atoms. The van der Waals surface area contributed by atoms with Crippen molar-refractivity contribution in [3.8, 4) is 11.5 Å². The van der Waals surface area contributed by atoms with Crippen molar-refractivity contribution in [1.82, 2.24) is 0 Å². The van der Waals surface area contributed by atoms with Crippen molar-refractivity contribution < 1.29 is 4.74 Å². The van der Waals surface area contributed by atoms with Crippen LogP contribution in [0.25, 0.3) is 0 Å². The van der Waals surface area contributed by atoms with Crippen LogP contribution in [-0.4, -0.2) is 0 Å². The van der Waals surface area contributed by atoms with Gasteiger partial charge >= 0.3 is 0 Å². The third-order valence-electron chi connectivity index (χ3n) is 2.12. The van der Waals surface area contributed by atoms with Crippen molar-refractivity contribution in [2.45, 2.75) is 0 Å². The molecule has 2 aromatic rings. The van der Waals surface area contributed by atoms with Gasteiger partial charge < -0.3 is 4.74 Å². The molecule has 0 aromatic heterocycles. The van der Waals surface area contributed by atoms with Crippen LogP contribution in [-0.2, 0) is 0 Å². The maximum atomic E-state index is 5.96. The third-order valence-corrected chi connectivity index (χ3v) is 5.98. The Hall–Kier alpha value is 0.640. The first kappa shape index (κ1) is 15.0. The normalized spacial score (nSPS) is 10.5. The topological polar surface area (TPSA) is 9.23 Å². The number of halogens is 5. The minimum atomic E-state index is 0.719. The Balaban J connectivity index is 2.50. The Kier molecular flexibility index (Phi) is 5.34. The molecule has 0 unspecified atom stereocenters. The molecule has 0 aliphatic rings. The molecule has 0 fully saturated rings. The lowest BCUT2D eigenvalue weighted by molar-refractivity contribution is 0.470. The first-order valence-electron chi connectivity index (χ1n) is 4.76. The van der Waals surface area contributed by atoms with Crippen molar-refractivity contribution in [2.75, 3.05) is 0 Å². The zero-order valence-corrected chi connectivity index (χ0v) is 16.6. The first-order valence-corrected chi connectivity index (χ1v) is 8.72. The zero-order valence-electron chi connectivity index (χ0n) is 8.68. The van der Waals surface area contributed by atoms with E-state index < -0.39 is 0 Å². The number of para-hydroxylation sites is 1. The van der Waals surface area contributed by atoms with Crippen molar-refractivity contribution in [3.63, 3.8) is 0 Å². The monoisotopic (exact) mass is 560 g/mol. The van der Waals surface area contributed by atoms with E-state index in [4.69, 9.17) is 4.74 Å². The third kappa shape index (κ3) is 3.20. The summed E-state index contributed by atoms with van der Waals surface area (Å²) >= 11 is 17.4. The molecule has 0 radical (unpaired) electrons. The van der Waals surface area contributed by atoms with E-state index in [0.29, 0.717) is 0 Å². The molecule has 0 spiro atoms. The lowest BCUT2D eigenvalue weighted by Gasteiger charge is -2.13. The Morgan fingerprint density at radius 1 is 0.611 bits per heavy atom. The fourth-order valence-corrected chi connectivity index (χ4v) is 3.86. The average Bonchev–Trinajstić information content (AvgIpc) is 2.33. The predicted octanol–water partition coefficient (Wildman–Crippen LogP) is 7.29. The van der Waals surface area contributed by atoms with Crippen LogP contribution in [0.4, 0.5) is 0 Å². The Bertz CT molecular complexity index is 577. The maximum absolute atomic E-state index is 5.96. The second-order valence-electron chi connectivity index (χ2n) is 3.33. The van der Waals surface area contributed by atoms with Crippen molar-refractivity contribution in [2.24, 2.45) is 0 Å². The maximum Gasteiger partial charge on any atom is 0.157 e. The molecule has 0 saturated heterocycles. The SMILES string of the molecule is Brc1ccc(Br)c(Oc2c(Br)cccc2Br)c1Br. The standard InChI is InChI=1S/C12H5Br5O/c13-6-4-5-9(16)12(10(6)17)18-11-7(14)2-1-3-8(11)15/h1-5H. The highest BCUT2D eigenvalue weighted by molar-refractivity contribution is 9.13. The molecule has 0 saturated carbocycles. The molecule has 0 heterocycles. The predicted molar refractivity (Wildman–Crippen MR) is 91.5 cm³/mol. The fraction of sp³-hybridized carbons (Fsp3) is 0. The van der Waals surface area contributed by atoms with E-state index in [1.807, 2.05) is 30.3 Å². The molecular weight excluding hydrogens is 560 g/mol. The van der Waals surface area contributed by atoms with Gasteiger partial charge in [0.15, 0.2) is 11.5 Å². The summed E-state index contributed by atoms with van der Waals surface area (Å²) in [6, 6.07) is 9.66. The lowest BCUT2D eigenvalue weighted by atomic mass is 10.3. The van der Waals surface area contributed by atoms with Crippen LogP contribution in [0.3, 0.4) is 0 Å². The fourth-order valence-electron chi connectivity index (χ4n) is 1.28. The number of ether oxygens (including phenoxy) is 1. The summed E-state index contributed by atoms with van der Waals surface area (Å²) in [6.07, 6.45) is 0. The summed E-state index contributed by atoms with van der Waals surface area (Å²) in [5.74, 6) is 1.45. The highest BCUT2D eigenvalue weighted by Crippen LogP contribution is 2.44. The second kappa shape index (κ2) is 6.39. The molecule has 0 aliphatic heterocycles. The van der Waals surface area contributed by atoms with Gasteiger partial charge in [-0.25, -0.2) is 0 Å². The van der Waals surface area contributed by atoms with Crippen LogP contribution in [0, 0.1) is 0 Å². The van der Waals surface area contributed by atoms with Gasteiger partial charge in [-0.2, -0.15) is 0 Å². The number of hydrogen-bond donors (Lipinski definition) is 0. The Morgan fingerprint density at radius 2 is 1.11 bits per heavy atom. The van der Waals surface area contributed by atoms with E-state index in [-0.39, 0.29) is 0 Å². The summed E-state index contributed by atoms with van der Waals surface area (Å²) in [5.41, 5.74) is 0. The molecule has 18 heavy (non-hydrogen) atoms. The zero-order chi connectivity index (χ0) is 13.3. The molecular formula is C12H5Br5O. The number of hydrogen-bond acceptors (Lipinski definition) is 1. The Labute approximate surface area is 147 Å². The van der Waals surface area contributed by atoms with Crippen LogP contribution >= 0.6 is 79.6 Å². The first-order chi connectivity index (χ1) is 8.50. The summed E-state index contributed by atoms with van der Waals surface area (Å²) < 4.78 is 10.4. The van der Waals surface area contributed by atoms with E-state index in [9.17, 15) is 0 Å². The molecule has 6 heteroatoms. The molecule has 2 rings (SSSR count). The van der Waals surface area contributed by atoms with E-state index in [1.165, 1.54) is 0 Å². The summed E-state index contributed by atoms with van der Waals surface area (Å²) in [7, 11) is 0. The van der Waals surface area contributed by atoms with Gasteiger partial charge in [-0.15, -0.1) is 0 Å².